The molecule has 0 fully saturated rings. The number of H-pyrrole nitrogens is 1. The minimum atomic E-state index is -0.746. The van der Waals surface area contributed by atoms with Crippen molar-refractivity contribution >= 4 is 11.0 Å². The quantitative estimate of drug-likeness (QED) is 0.528. The van der Waals surface area contributed by atoms with Crippen molar-refractivity contribution in [2.24, 2.45) is 0 Å². The largest absolute Gasteiger partial charge is 0.493 e. The van der Waals surface area contributed by atoms with Gasteiger partial charge >= 0.3 is 0 Å². The summed E-state index contributed by atoms with van der Waals surface area (Å²) in [5.74, 6) is 1.79. The monoisotopic (exact) mass is 406 g/mol. The Hall–Kier alpha value is -3.65. The molecule has 1 atom stereocenters. The fourth-order valence-electron chi connectivity index (χ4n) is 3.65. The van der Waals surface area contributed by atoms with Crippen molar-refractivity contribution in [1.82, 2.24) is 19.5 Å². The van der Waals surface area contributed by atoms with E-state index in [0.29, 0.717) is 34.1 Å². The first kappa shape index (κ1) is 19.7. The lowest BCUT2D eigenvalue weighted by molar-refractivity contribution is 0.199. The normalized spacial score (nSPS) is 12.2. The van der Waals surface area contributed by atoms with Crippen LogP contribution in [0.1, 0.15) is 24.2 Å². The number of pyridine rings is 2. The van der Waals surface area contributed by atoms with Crippen LogP contribution < -0.4 is 15.0 Å². The predicted octanol–water partition coefficient (Wildman–Crippen LogP) is 3.15. The number of ether oxygens (including phenoxy) is 2. The summed E-state index contributed by atoms with van der Waals surface area (Å²) in [6.45, 7) is 3.59. The van der Waals surface area contributed by atoms with Crippen molar-refractivity contribution in [3.8, 4) is 28.6 Å². The molecule has 0 bridgehead atoms. The van der Waals surface area contributed by atoms with Crippen molar-refractivity contribution < 1.29 is 14.6 Å². The SMILES string of the molecule is COc1cc2ncn(-c3cc(C)c([C@@H](C)O)c(-c4cc[nH]c(=O)c4)n3)c2cc1OC. The van der Waals surface area contributed by atoms with Crippen molar-refractivity contribution in [3.63, 3.8) is 0 Å². The first-order valence-electron chi connectivity index (χ1n) is 9.41. The number of aromatic amines is 1. The Morgan fingerprint density at radius 2 is 1.87 bits per heavy atom. The molecular formula is C22H22N4O4. The van der Waals surface area contributed by atoms with Gasteiger partial charge < -0.3 is 19.6 Å². The molecule has 0 unspecified atom stereocenters. The highest BCUT2D eigenvalue weighted by Gasteiger charge is 2.19. The van der Waals surface area contributed by atoms with Gasteiger partial charge in [-0.15, -0.1) is 0 Å². The smallest absolute Gasteiger partial charge is 0.248 e. The summed E-state index contributed by atoms with van der Waals surface area (Å²) >= 11 is 0. The molecule has 4 rings (SSSR count). The Morgan fingerprint density at radius 3 is 2.53 bits per heavy atom. The van der Waals surface area contributed by atoms with E-state index in [4.69, 9.17) is 14.5 Å². The number of rotatable bonds is 5. The summed E-state index contributed by atoms with van der Waals surface area (Å²) in [6, 6.07) is 8.76. The molecule has 8 nitrogen and oxygen atoms in total. The summed E-state index contributed by atoms with van der Waals surface area (Å²) in [5, 5.41) is 10.4. The van der Waals surface area contributed by atoms with Gasteiger partial charge in [-0.25, -0.2) is 9.97 Å². The second-order valence-electron chi connectivity index (χ2n) is 6.99. The van der Waals surface area contributed by atoms with Crippen molar-refractivity contribution in [2.75, 3.05) is 14.2 Å². The highest BCUT2D eigenvalue weighted by molar-refractivity contribution is 5.81. The number of aliphatic hydroxyl groups is 1. The number of aromatic nitrogens is 4. The van der Waals surface area contributed by atoms with Gasteiger partial charge in [-0.05, 0) is 31.5 Å². The molecule has 30 heavy (non-hydrogen) atoms. The third-order valence-corrected chi connectivity index (χ3v) is 5.02. The van der Waals surface area contributed by atoms with E-state index < -0.39 is 6.10 Å². The Morgan fingerprint density at radius 1 is 1.13 bits per heavy atom. The van der Waals surface area contributed by atoms with Crippen LogP contribution in [0.5, 0.6) is 11.5 Å². The predicted molar refractivity (Wildman–Crippen MR) is 113 cm³/mol. The molecule has 0 aliphatic carbocycles. The van der Waals surface area contributed by atoms with Gasteiger partial charge in [0.1, 0.15) is 12.1 Å². The average molecular weight is 406 g/mol. The van der Waals surface area contributed by atoms with Crippen LogP contribution in [-0.4, -0.2) is 38.8 Å². The minimum Gasteiger partial charge on any atom is -0.493 e. The molecule has 0 saturated heterocycles. The summed E-state index contributed by atoms with van der Waals surface area (Å²) in [6.07, 6.45) is 2.50. The fourth-order valence-corrected chi connectivity index (χ4v) is 3.65. The molecule has 0 aliphatic heterocycles. The first-order chi connectivity index (χ1) is 14.4. The van der Waals surface area contributed by atoms with Crippen LogP contribution in [-0.2, 0) is 0 Å². The van der Waals surface area contributed by atoms with Crippen LogP contribution in [0.15, 0.2) is 47.7 Å². The van der Waals surface area contributed by atoms with Crippen molar-refractivity contribution in [1.29, 1.82) is 0 Å². The van der Waals surface area contributed by atoms with E-state index in [1.807, 2.05) is 23.6 Å². The zero-order chi connectivity index (χ0) is 21.4. The molecule has 2 N–H and O–H groups in total. The maximum absolute atomic E-state index is 11.9. The number of aryl methyl sites for hydroxylation is 1. The van der Waals surface area contributed by atoms with E-state index in [1.54, 1.807) is 45.8 Å². The number of hydrogen-bond acceptors (Lipinski definition) is 6. The van der Waals surface area contributed by atoms with Gasteiger partial charge in [0.2, 0.25) is 5.56 Å². The zero-order valence-corrected chi connectivity index (χ0v) is 17.1. The maximum atomic E-state index is 11.9. The number of aliphatic hydroxyl groups excluding tert-OH is 1. The number of fused-ring (bicyclic) bond motifs is 1. The molecule has 0 radical (unpaired) electrons. The van der Waals surface area contributed by atoms with Crippen LogP contribution in [0.2, 0.25) is 0 Å². The standard InChI is InChI=1S/C22H22N4O4/c1-12-7-19(25-22(21(12)13(2)27)14-5-6-23-20(28)8-14)26-11-24-15-9-17(29-3)18(30-4)10-16(15)26/h5-11,13,27H,1-4H3,(H,23,28)/t13-/m1/s1. The molecule has 3 heterocycles. The van der Waals surface area contributed by atoms with Gasteiger partial charge in [-0.2, -0.15) is 0 Å². The Labute approximate surface area is 172 Å². The molecule has 8 heteroatoms. The molecule has 0 saturated carbocycles. The number of hydrogen-bond donors (Lipinski definition) is 2. The maximum Gasteiger partial charge on any atom is 0.248 e. The number of nitrogens with zero attached hydrogens (tertiary/aromatic N) is 3. The number of imidazole rings is 1. The highest BCUT2D eigenvalue weighted by Crippen LogP contribution is 2.34. The lowest BCUT2D eigenvalue weighted by Crippen LogP contribution is -2.08. The van der Waals surface area contributed by atoms with Gasteiger partial charge in [0.05, 0.1) is 37.1 Å². The Kier molecular flexibility index (Phi) is 5.01. The van der Waals surface area contributed by atoms with Crippen LogP contribution in [0, 0.1) is 6.92 Å². The van der Waals surface area contributed by atoms with Gasteiger partial charge in [0.25, 0.3) is 0 Å². The Balaban J connectivity index is 1.97. The molecule has 3 aromatic heterocycles. The molecule has 1 aromatic carbocycles. The van der Waals surface area contributed by atoms with E-state index in [-0.39, 0.29) is 5.56 Å². The Bertz CT molecular complexity index is 1290. The van der Waals surface area contributed by atoms with Gasteiger partial charge in [0.15, 0.2) is 11.5 Å². The number of nitrogens with one attached hydrogen (secondary N) is 1. The zero-order valence-electron chi connectivity index (χ0n) is 17.1. The second kappa shape index (κ2) is 7.64. The van der Waals surface area contributed by atoms with E-state index in [0.717, 1.165) is 16.6 Å². The van der Waals surface area contributed by atoms with Gasteiger partial charge in [-0.3, -0.25) is 9.36 Å². The average Bonchev–Trinajstić information content (AvgIpc) is 3.14. The van der Waals surface area contributed by atoms with Crippen molar-refractivity contribution in [3.05, 3.63) is 64.3 Å². The first-order valence-corrected chi connectivity index (χ1v) is 9.41. The second-order valence-corrected chi connectivity index (χ2v) is 6.99. The summed E-state index contributed by atoms with van der Waals surface area (Å²) in [7, 11) is 3.16. The summed E-state index contributed by atoms with van der Waals surface area (Å²) < 4.78 is 12.6. The lowest BCUT2D eigenvalue weighted by atomic mass is 9.98. The molecule has 154 valence electrons. The highest BCUT2D eigenvalue weighted by atomic mass is 16.5. The van der Waals surface area contributed by atoms with Crippen LogP contribution in [0.3, 0.4) is 0 Å². The lowest BCUT2D eigenvalue weighted by Gasteiger charge is -2.17. The summed E-state index contributed by atoms with van der Waals surface area (Å²) in [5.41, 5.74) is 3.99. The molecular weight excluding hydrogens is 384 g/mol. The fraction of sp³-hybridized carbons (Fsp3) is 0.227. The van der Waals surface area contributed by atoms with Crippen LogP contribution in [0.25, 0.3) is 28.1 Å². The van der Waals surface area contributed by atoms with E-state index in [1.165, 1.54) is 6.07 Å². The third-order valence-electron chi connectivity index (χ3n) is 5.02. The minimum absolute atomic E-state index is 0.237. The summed E-state index contributed by atoms with van der Waals surface area (Å²) in [4.78, 5) is 23.7. The van der Waals surface area contributed by atoms with Crippen LogP contribution >= 0.6 is 0 Å². The molecule has 0 amide bonds. The van der Waals surface area contributed by atoms with Crippen molar-refractivity contribution in [2.45, 2.75) is 20.0 Å². The van der Waals surface area contributed by atoms with E-state index >= 15 is 0 Å². The number of benzene rings is 1. The van der Waals surface area contributed by atoms with E-state index in [9.17, 15) is 9.90 Å². The van der Waals surface area contributed by atoms with Gasteiger partial charge in [-0.1, -0.05) is 0 Å². The van der Waals surface area contributed by atoms with E-state index in [2.05, 4.69) is 9.97 Å². The van der Waals surface area contributed by atoms with Crippen LogP contribution in [0.4, 0.5) is 0 Å². The molecule has 0 aliphatic rings. The molecule has 0 spiro atoms. The number of methoxy groups -OCH3 is 2. The molecule has 4 aromatic rings. The van der Waals surface area contributed by atoms with Gasteiger partial charge in [0, 0.05) is 35.5 Å². The topological polar surface area (TPSA) is 102 Å². The third kappa shape index (κ3) is 3.31.